The van der Waals surface area contributed by atoms with Gasteiger partial charge >= 0.3 is 11.9 Å². The van der Waals surface area contributed by atoms with Gasteiger partial charge in [-0.2, -0.15) is 0 Å². The Labute approximate surface area is 158 Å². The van der Waals surface area contributed by atoms with Gasteiger partial charge < -0.3 is 14.2 Å². The third kappa shape index (κ3) is 5.57. The monoisotopic (exact) mass is 366 g/mol. The highest BCUT2D eigenvalue weighted by Crippen LogP contribution is 2.28. The SMILES string of the molecule is C=C(/C=C\C(=C)OC(=O)C1=Cc2ccc(OC)cc2CC1)OC(=O)C(=C)C. The van der Waals surface area contributed by atoms with Crippen LogP contribution in [0.4, 0.5) is 0 Å². The Morgan fingerprint density at radius 2 is 1.70 bits per heavy atom. The van der Waals surface area contributed by atoms with Crippen molar-refractivity contribution in [2.75, 3.05) is 7.11 Å². The second-order valence-corrected chi connectivity index (χ2v) is 6.06. The molecule has 5 nitrogen and oxygen atoms in total. The first-order valence-corrected chi connectivity index (χ1v) is 8.33. The fraction of sp³-hybridized carbons (Fsp3) is 0.182. The molecule has 0 radical (unpaired) electrons. The first kappa shape index (κ1) is 20.0. The number of fused-ring (bicyclic) bond motifs is 1. The van der Waals surface area contributed by atoms with E-state index in [1.807, 2.05) is 24.3 Å². The maximum atomic E-state index is 12.3. The lowest BCUT2D eigenvalue weighted by Crippen LogP contribution is -2.11. The number of hydrogen-bond donors (Lipinski definition) is 0. The Hall–Kier alpha value is -3.34. The van der Waals surface area contributed by atoms with Crippen molar-refractivity contribution >= 4 is 18.0 Å². The van der Waals surface area contributed by atoms with Crippen LogP contribution in [-0.2, 0) is 25.5 Å². The van der Waals surface area contributed by atoms with Crippen LogP contribution in [0.5, 0.6) is 5.75 Å². The largest absolute Gasteiger partial charge is 0.497 e. The summed E-state index contributed by atoms with van der Waals surface area (Å²) < 4.78 is 15.4. The zero-order valence-electron chi connectivity index (χ0n) is 15.5. The summed E-state index contributed by atoms with van der Waals surface area (Å²) in [6, 6.07) is 5.73. The molecule has 2 rings (SSSR count). The van der Waals surface area contributed by atoms with E-state index in [1.165, 1.54) is 19.1 Å². The van der Waals surface area contributed by atoms with Gasteiger partial charge in [-0.15, -0.1) is 0 Å². The van der Waals surface area contributed by atoms with Gasteiger partial charge in [0.05, 0.1) is 7.11 Å². The van der Waals surface area contributed by atoms with Gasteiger partial charge in [0.2, 0.25) is 0 Å². The fourth-order valence-corrected chi connectivity index (χ4v) is 2.40. The van der Waals surface area contributed by atoms with Crippen molar-refractivity contribution < 1.29 is 23.8 Å². The van der Waals surface area contributed by atoms with Crippen molar-refractivity contribution in [3.63, 3.8) is 0 Å². The first-order chi connectivity index (χ1) is 12.8. The van der Waals surface area contributed by atoms with Crippen LogP contribution in [0.2, 0.25) is 0 Å². The summed E-state index contributed by atoms with van der Waals surface area (Å²) in [5.41, 5.74) is 2.92. The quantitative estimate of drug-likeness (QED) is 0.312. The number of aryl methyl sites for hydroxylation is 1. The second kappa shape index (κ2) is 8.85. The lowest BCUT2D eigenvalue weighted by Gasteiger charge is -2.16. The average Bonchev–Trinajstić information content (AvgIpc) is 2.65. The van der Waals surface area contributed by atoms with E-state index < -0.39 is 11.9 Å². The van der Waals surface area contributed by atoms with E-state index in [2.05, 4.69) is 19.7 Å². The minimum Gasteiger partial charge on any atom is -0.497 e. The van der Waals surface area contributed by atoms with Gasteiger partial charge in [-0.3, -0.25) is 0 Å². The second-order valence-electron chi connectivity index (χ2n) is 6.06. The highest BCUT2D eigenvalue weighted by molar-refractivity contribution is 5.95. The number of carbonyl (C=O) groups is 2. The molecule has 0 bridgehead atoms. The van der Waals surface area contributed by atoms with E-state index in [9.17, 15) is 9.59 Å². The van der Waals surface area contributed by atoms with E-state index in [1.54, 1.807) is 7.11 Å². The third-order valence-corrected chi connectivity index (χ3v) is 3.86. The van der Waals surface area contributed by atoms with Crippen molar-refractivity contribution in [3.8, 4) is 5.75 Å². The molecule has 1 aromatic rings. The first-order valence-electron chi connectivity index (χ1n) is 8.33. The van der Waals surface area contributed by atoms with Crippen LogP contribution in [0.15, 0.2) is 72.8 Å². The molecule has 0 N–H and O–H groups in total. The van der Waals surface area contributed by atoms with Crippen LogP contribution in [0.1, 0.15) is 24.5 Å². The van der Waals surface area contributed by atoms with E-state index >= 15 is 0 Å². The summed E-state index contributed by atoms with van der Waals surface area (Å²) in [7, 11) is 1.62. The number of methoxy groups -OCH3 is 1. The van der Waals surface area contributed by atoms with Gasteiger partial charge in [0.25, 0.3) is 0 Å². The number of hydrogen-bond acceptors (Lipinski definition) is 5. The third-order valence-electron chi connectivity index (χ3n) is 3.86. The maximum absolute atomic E-state index is 12.3. The zero-order chi connectivity index (χ0) is 20.0. The van der Waals surface area contributed by atoms with Crippen molar-refractivity contribution in [1.82, 2.24) is 0 Å². The lowest BCUT2D eigenvalue weighted by atomic mass is 9.92. The van der Waals surface area contributed by atoms with Gasteiger partial charge in [0, 0.05) is 11.1 Å². The van der Waals surface area contributed by atoms with Gasteiger partial charge in [0.15, 0.2) is 0 Å². The molecule has 0 unspecified atom stereocenters. The molecule has 0 aliphatic heterocycles. The van der Waals surface area contributed by atoms with Crippen molar-refractivity contribution in [2.24, 2.45) is 0 Å². The normalized spacial score (nSPS) is 12.6. The Morgan fingerprint density at radius 1 is 1.04 bits per heavy atom. The van der Waals surface area contributed by atoms with Crippen molar-refractivity contribution in [2.45, 2.75) is 19.8 Å². The summed E-state index contributed by atoms with van der Waals surface area (Å²) in [6.45, 7) is 12.3. The minimum atomic E-state index is -0.574. The number of rotatable bonds is 7. The van der Waals surface area contributed by atoms with E-state index in [0.717, 1.165) is 23.3 Å². The Balaban J connectivity index is 1.96. The highest BCUT2D eigenvalue weighted by atomic mass is 16.5. The van der Waals surface area contributed by atoms with Crippen LogP contribution in [0.25, 0.3) is 6.08 Å². The zero-order valence-corrected chi connectivity index (χ0v) is 15.5. The van der Waals surface area contributed by atoms with Gasteiger partial charge in [-0.1, -0.05) is 25.8 Å². The van der Waals surface area contributed by atoms with Crippen LogP contribution in [0.3, 0.4) is 0 Å². The molecule has 1 aliphatic rings. The van der Waals surface area contributed by atoms with Gasteiger partial charge in [-0.25, -0.2) is 9.59 Å². The number of esters is 2. The number of benzene rings is 1. The summed E-state index contributed by atoms with van der Waals surface area (Å²) >= 11 is 0. The van der Waals surface area contributed by atoms with Crippen LogP contribution < -0.4 is 4.74 Å². The van der Waals surface area contributed by atoms with E-state index in [-0.39, 0.29) is 17.1 Å². The molecule has 0 saturated heterocycles. The molecule has 0 atom stereocenters. The molecule has 5 heteroatoms. The molecule has 140 valence electrons. The summed E-state index contributed by atoms with van der Waals surface area (Å²) in [5, 5.41) is 0. The van der Waals surface area contributed by atoms with Crippen molar-refractivity contribution in [1.29, 1.82) is 0 Å². The molecular weight excluding hydrogens is 344 g/mol. The Bertz CT molecular complexity index is 871. The maximum Gasteiger partial charge on any atom is 0.339 e. The average molecular weight is 366 g/mol. The van der Waals surface area contributed by atoms with Crippen LogP contribution >= 0.6 is 0 Å². The number of ether oxygens (including phenoxy) is 3. The molecule has 1 aliphatic carbocycles. The standard InChI is InChI=1S/C22H22O5/c1-14(2)21(23)26-15(3)6-7-16(4)27-22(24)19-9-8-18-13-20(25-5)11-10-17(18)12-19/h6-7,10-13H,1,3-4,8-9H2,2,5H3/b7-6-. The molecular formula is C22H22O5. The lowest BCUT2D eigenvalue weighted by molar-refractivity contribution is -0.135. The fourth-order valence-electron chi connectivity index (χ4n) is 2.40. The minimum absolute atomic E-state index is 0.0972. The Morgan fingerprint density at radius 3 is 2.33 bits per heavy atom. The predicted octanol–water partition coefficient (Wildman–Crippen LogP) is 4.27. The molecule has 0 heterocycles. The summed E-state index contributed by atoms with van der Waals surface area (Å²) in [6.07, 6.45) is 5.91. The molecule has 27 heavy (non-hydrogen) atoms. The van der Waals surface area contributed by atoms with Gasteiger partial charge in [0.1, 0.15) is 17.3 Å². The molecule has 0 saturated carbocycles. The molecule has 0 aromatic heterocycles. The Kier molecular flexibility index (Phi) is 6.55. The highest BCUT2D eigenvalue weighted by Gasteiger charge is 2.18. The summed E-state index contributed by atoms with van der Waals surface area (Å²) in [5.74, 6) is -0.0289. The number of carbonyl (C=O) groups excluding carboxylic acids is 2. The van der Waals surface area contributed by atoms with Crippen LogP contribution in [0, 0.1) is 0 Å². The topological polar surface area (TPSA) is 61.8 Å². The van der Waals surface area contributed by atoms with Gasteiger partial charge in [-0.05, 0) is 61.3 Å². The van der Waals surface area contributed by atoms with Crippen LogP contribution in [-0.4, -0.2) is 19.0 Å². The van der Waals surface area contributed by atoms with E-state index in [4.69, 9.17) is 14.2 Å². The molecule has 0 fully saturated rings. The molecule has 0 amide bonds. The predicted molar refractivity (Wildman–Crippen MR) is 104 cm³/mol. The summed E-state index contributed by atoms with van der Waals surface area (Å²) in [4.78, 5) is 23.7. The smallest absolute Gasteiger partial charge is 0.339 e. The van der Waals surface area contributed by atoms with Crippen molar-refractivity contribution in [3.05, 3.63) is 83.9 Å². The number of allylic oxidation sites excluding steroid dienone is 2. The molecule has 1 aromatic carbocycles. The molecule has 0 spiro atoms. The van der Waals surface area contributed by atoms with E-state index in [0.29, 0.717) is 12.0 Å².